The molecular weight excluding hydrogens is 395 g/mol. The lowest BCUT2D eigenvalue weighted by molar-refractivity contribution is -0.149. The van der Waals surface area contributed by atoms with Crippen molar-refractivity contribution in [1.82, 2.24) is 9.80 Å². The predicted octanol–water partition coefficient (Wildman–Crippen LogP) is 4.12. The van der Waals surface area contributed by atoms with Crippen molar-refractivity contribution in [2.24, 2.45) is 0 Å². The number of hydrogen-bond donors (Lipinski definition) is 0. The van der Waals surface area contributed by atoms with Crippen molar-refractivity contribution >= 4 is 21.6 Å². The molecule has 2 aliphatic rings. The van der Waals surface area contributed by atoms with E-state index in [0.29, 0.717) is 26.2 Å². The van der Waals surface area contributed by atoms with Crippen LogP contribution in [0.1, 0.15) is 24.8 Å². The summed E-state index contributed by atoms with van der Waals surface area (Å²) in [7, 11) is 0. The van der Waals surface area contributed by atoms with Crippen molar-refractivity contribution in [2.45, 2.75) is 32.0 Å². The number of piperazine rings is 1. The first kappa shape index (κ1) is 19.0. The number of anilines is 1. The molecule has 0 spiro atoms. The van der Waals surface area contributed by atoms with Crippen molar-refractivity contribution in [2.75, 3.05) is 50.7 Å². The number of piperidine rings is 1. The summed E-state index contributed by atoms with van der Waals surface area (Å²) in [6.45, 7) is 4.52. The summed E-state index contributed by atoms with van der Waals surface area (Å²) in [4.78, 5) is 6.22. The second kappa shape index (κ2) is 8.27. The Morgan fingerprint density at radius 3 is 2.16 bits per heavy atom. The standard InChI is InChI=1S/C18H25BrF3N3/c19-16-5-4-15(17(12-16)25-6-2-1-3-7-25)13-23-8-10-24(11-9-23)14-18(20,21)22/h4-5,12H,1-3,6-11,13-14H2. The molecule has 0 radical (unpaired) electrons. The van der Waals surface area contributed by atoms with Gasteiger partial charge in [0.1, 0.15) is 0 Å². The quantitative estimate of drug-likeness (QED) is 0.726. The molecule has 140 valence electrons. The van der Waals surface area contributed by atoms with E-state index in [0.717, 1.165) is 24.1 Å². The molecule has 7 heteroatoms. The summed E-state index contributed by atoms with van der Waals surface area (Å²) in [5, 5.41) is 0. The van der Waals surface area contributed by atoms with Gasteiger partial charge in [-0.15, -0.1) is 0 Å². The summed E-state index contributed by atoms with van der Waals surface area (Å²) < 4.78 is 38.6. The number of hydrogen-bond acceptors (Lipinski definition) is 3. The zero-order valence-electron chi connectivity index (χ0n) is 14.4. The van der Waals surface area contributed by atoms with Crippen LogP contribution in [0, 0.1) is 0 Å². The number of rotatable bonds is 4. The second-order valence-corrected chi connectivity index (χ2v) is 7.90. The molecule has 3 rings (SSSR count). The Morgan fingerprint density at radius 1 is 0.880 bits per heavy atom. The monoisotopic (exact) mass is 419 g/mol. The van der Waals surface area contributed by atoms with Crippen molar-refractivity contribution in [3.63, 3.8) is 0 Å². The summed E-state index contributed by atoms with van der Waals surface area (Å²) in [5.41, 5.74) is 2.54. The van der Waals surface area contributed by atoms with Crippen molar-refractivity contribution < 1.29 is 13.2 Å². The molecule has 2 fully saturated rings. The van der Waals surface area contributed by atoms with Gasteiger partial charge in [-0.1, -0.05) is 22.0 Å². The first-order chi connectivity index (χ1) is 11.9. The molecule has 3 nitrogen and oxygen atoms in total. The predicted molar refractivity (Wildman–Crippen MR) is 98.0 cm³/mol. The third-order valence-electron chi connectivity index (χ3n) is 5.01. The molecular formula is C18H25BrF3N3. The summed E-state index contributed by atoms with van der Waals surface area (Å²) >= 11 is 3.57. The van der Waals surface area contributed by atoms with Crippen LogP contribution in [0.15, 0.2) is 22.7 Å². The Hall–Kier alpha value is -0.790. The molecule has 1 aromatic rings. The van der Waals surface area contributed by atoms with Crippen LogP contribution in [0.4, 0.5) is 18.9 Å². The van der Waals surface area contributed by atoms with Gasteiger partial charge in [-0.2, -0.15) is 13.2 Å². The maximum Gasteiger partial charge on any atom is 0.401 e. The Bertz CT molecular complexity index is 565. The Labute approximate surface area is 155 Å². The first-order valence-corrected chi connectivity index (χ1v) is 9.75. The van der Waals surface area contributed by atoms with Crippen LogP contribution in [0.5, 0.6) is 0 Å². The van der Waals surface area contributed by atoms with Crippen molar-refractivity contribution in [1.29, 1.82) is 0 Å². The Balaban J connectivity index is 1.61. The average molecular weight is 420 g/mol. The third kappa shape index (κ3) is 5.59. The lowest BCUT2D eigenvalue weighted by Gasteiger charge is -2.36. The van der Waals surface area contributed by atoms with Crippen LogP contribution >= 0.6 is 15.9 Å². The van der Waals surface area contributed by atoms with E-state index in [4.69, 9.17) is 0 Å². The zero-order chi connectivity index (χ0) is 17.9. The van der Waals surface area contributed by atoms with Gasteiger partial charge in [0.15, 0.2) is 0 Å². The van der Waals surface area contributed by atoms with E-state index in [1.807, 2.05) is 0 Å². The van der Waals surface area contributed by atoms with Crippen molar-refractivity contribution in [3.05, 3.63) is 28.2 Å². The lowest BCUT2D eigenvalue weighted by atomic mass is 10.1. The van der Waals surface area contributed by atoms with Gasteiger partial charge < -0.3 is 4.90 Å². The van der Waals surface area contributed by atoms with Crippen LogP contribution in [0.3, 0.4) is 0 Å². The topological polar surface area (TPSA) is 9.72 Å². The van der Waals surface area contributed by atoms with Gasteiger partial charge in [-0.05, 0) is 37.0 Å². The molecule has 0 unspecified atom stereocenters. The normalized spacial score (nSPS) is 20.9. The number of alkyl halides is 3. The first-order valence-electron chi connectivity index (χ1n) is 8.95. The molecule has 0 atom stereocenters. The molecule has 0 aliphatic carbocycles. The van der Waals surface area contributed by atoms with Gasteiger partial charge >= 0.3 is 6.18 Å². The molecule has 0 bridgehead atoms. The van der Waals surface area contributed by atoms with E-state index >= 15 is 0 Å². The smallest absolute Gasteiger partial charge is 0.371 e. The second-order valence-electron chi connectivity index (χ2n) is 6.99. The van der Waals surface area contributed by atoms with Crippen LogP contribution in [-0.2, 0) is 6.54 Å². The van der Waals surface area contributed by atoms with Crippen LogP contribution in [-0.4, -0.2) is 61.8 Å². The molecule has 2 aliphatic heterocycles. The highest BCUT2D eigenvalue weighted by atomic mass is 79.9. The Morgan fingerprint density at radius 2 is 1.52 bits per heavy atom. The highest BCUT2D eigenvalue weighted by Gasteiger charge is 2.32. The van der Waals surface area contributed by atoms with E-state index in [-0.39, 0.29) is 0 Å². The van der Waals surface area contributed by atoms with E-state index in [1.54, 1.807) is 0 Å². The Kier molecular flexibility index (Phi) is 6.28. The van der Waals surface area contributed by atoms with Crippen molar-refractivity contribution in [3.8, 4) is 0 Å². The summed E-state index contributed by atoms with van der Waals surface area (Å²) in [6, 6.07) is 6.39. The molecule has 0 amide bonds. The highest BCUT2D eigenvalue weighted by molar-refractivity contribution is 9.10. The summed E-state index contributed by atoms with van der Waals surface area (Å²) in [5.74, 6) is 0. The zero-order valence-corrected chi connectivity index (χ0v) is 15.9. The fourth-order valence-corrected chi connectivity index (χ4v) is 4.05. The molecule has 1 aromatic carbocycles. The fraction of sp³-hybridized carbons (Fsp3) is 0.667. The molecule has 2 heterocycles. The maximum absolute atomic E-state index is 12.5. The summed E-state index contributed by atoms with van der Waals surface area (Å²) in [6.07, 6.45) is -0.361. The lowest BCUT2D eigenvalue weighted by Crippen LogP contribution is -2.48. The van der Waals surface area contributed by atoms with E-state index in [9.17, 15) is 13.2 Å². The molecule has 0 aromatic heterocycles. The molecule has 0 N–H and O–H groups in total. The van der Waals surface area contributed by atoms with Gasteiger partial charge in [0.25, 0.3) is 0 Å². The van der Waals surface area contributed by atoms with E-state index < -0.39 is 12.7 Å². The van der Waals surface area contributed by atoms with Gasteiger partial charge in [-0.25, -0.2) is 0 Å². The number of benzene rings is 1. The number of halogens is 4. The highest BCUT2D eigenvalue weighted by Crippen LogP contribution is 2.29. The van der Waals surface area contributed by atoms with E-state index in [1.165, 1.54) is 35.4 Å². The molecule has 0 saturated carbocycles. The van der Waals surface area contributed by atoms with Gasteiger partial charge in [0.05, 0.1) is 6.54 Å². The minimum atomic E-state index is -4.10. The third-order valence-corrected chi connectivity index (χ3v) is 5.50. The molecule has 2 saturated heterocycles. The van der Waals surface area contributed by atoms with Crippen LogP contribution in [0.25, 0.3) is 0 Å². The average Bonchev–Trinajstić information content (AvgIpc) is 2.58. The van der Waals surface area contributed by atoms with Crippen LogP contribution < -0.4 is 4.90 Å². The van der Waals surface area contributed by atoms with Crippen LogP contribution in [0.2, 0.25) is 0 Å². The SMILES string of the molecule is FC(F)(F)CN1CCN(Cc2ccc(Br)cc2N2CCCCC2)CC1. The van der Waals surface area contributed by atoms with E-state index in [2.05, 4.69) is 43.9 Å². The number of nitrogens with zero attached hydrogens (tertiary/aromatic N) is 3. The largest absolute Gasteiger partial charge is 0.401 e. The van der Waals surface area contributed by atoms with Gasteiger partial charge in [0, 0.05) is 56.0 Å². The minimum absolute atomic E-state index is 0.481. The maximum atomic E-state index is 12.5. The van der Waals surface area contributed by atoms with Gasteiger partial charge in [-0.3, -0.25) is 9.80 Å². The fourth-order valence-electron chi connectivity index (χ4n) is 3.70. The molecule has 25 heavy (non-hydrogen) atoms. The van der Waals surface area contributed by atoms with Gasteiger partial charge in [0.2, 0.25) is 0 Å². The minimum Gasteiger partial charge on any atom is -0.371 e.